The van der Waals surface area contributed by atoms with E-state index in [1.165, 1.54) is 19.3 Å². The number of nitrogens with one attached hydrogen (secondary N) is 2. The van der Waals surface area contributed by atoms with Gasteiger partial charge in [-0.05, 0) is 106 Å². The second-order valence-electron chi connectivity index (χ2n) is 8.97. The van der Waals surface area contributed by atoms with Crippen molar-refractivity contribution in [3.8, 4) is 5.75 Å². The van der Waals surface area contributed by atoms with Gasteiger partial charge in [0.25, 0.3) is 0 Å². The predicted octanol–water partition coefficient (Wildman–Crippen LogP) is 4.89. The number of benzene rings is 1. The Morgan fingerprint density at radius 1 is 1.15 bits per heavy atom. The number of hydrogen-bond acceptors (Lipinski definition) is 3. The van der Waals surface area contributed by atoms with E-state index in [1.807, 2.05) is 24.3 Å². The van der Waals surface area contributed by atoms with E-state index in [1.54, 1.807) is 0 Å². The maximum absolute atomic E-state index is 13.0. The molecule has 5 rings (SSSR count). The van der Waals surface area contributed by atoms with E-state index in [4.69, 9.17) is 17.0 Å². The second-order valence-corrected chi connectivity index (χ2v) is 9.38. The molecule has 0 aromatic heterocycles. The van der Waals surface area contributed by atoms with Crippen molar-refractivity contribution < 1.29 is 9.53 Å². The van der Waals surface area contributed by atoms with Gasteiger partial charge in [0.2, 0.25) is 5.91 Å². The summed E-state index contributed by atoms with van der Waals surface area (Å²) in [5.74, 6) is 3.24. The summed E-state index contributed by atoms with van der Waals surface area (Å²) in [5, 5.41) is 6.53. The SMILES string of the molecule is CCC(C)Oc1ccc(NC(=S)NC(=O)C23CC4CC(CC(C4)C2)C3)cc1. The number of carbonyl (C=O) groups is 1. The third-order valence-electron chi connectivity index (χ3n) is 6.77. The first-order chi connectivity index (χ1) is 13.0. The van der Waals surface area contributed by atoms with E-state index in [0.717, 1.165) is 54.9 Å². The zero-order valence-corrected chi connectivity index (χ0v) is 17.1. The van der Waals surface area contributed by atoms with Crippen LogP contribution in [0, 0.1) is 23.2 Å². The lowest BCUT2D eigenvalue weighted by atomic mass is 9.49. The molecule has 1 unspecified atom stereocenters. The molecule has 2 N–H and O–H groups in total. The second kappa shape index (κ2) is 7.42. The Kier molecular flexibility index (Phi) is 5.15. The van der Waals surface area contributed by atoms with Crippen LogP contribution in [0.3, 0.4) is 0 Å². The number of hydrogen-bond donors (Lipinski definition) is 2. The molecule has 4 bridgehead atoms. The quantitative estimate of drug-likeness (QED) is 0.707. The summed E-state index contributed by atoms with van der Waals surface area (Å²) in [5.41, 5.74) is 0.691. The zero-order valence-electron chi connectivity index (χ0n) is 16.3. The molecule has 4 aliphatic rings. The molecule has 0 aliphatic heterocycles. The Hall–Kier alpha value is -1.62. The number of thiocarbonyl (C=S) groups is 1. The average Bonchev–Trinajstić information content (AvgIpc) is 2.62. The molecule has 1 atom stereocenters. The van der Waals surface area contributed by atoms with Crippen molar-refractivity contribution in [1.82, 2.24) is 5.32 Å². The van der Waals surface area contributed by atoms with Crippen LogP contribution in [0.2, 0.25) is 0 Å². The largest absolute Gasteiger partial charge is 0.491 e. The Bertz CT molecular complexity index is 680. The van der Waals surface area contributed by atoms with Crippen molar-refractivity contribution in [3.63, 3.8) is 0 Å². The van der Waals surface area contributed by atoms with Gasteiger partial charge in [-0.3, -0.25) is 4.79 Å². The normalized spacial score (nSPS) is 32.0. The third-order valence-corrected chi connectivity index (χ3v) is 6.98. The number of rotatable bonds is 5. The molecule has 0 spiro atoms. The summed E-state index contributed by atoms with van der Waals surface area (Å²) in [6, 6.07) is 7.72. The molecule has 27 heavy (non-hydrogen) atoms. The van der Waals surface area contributed by atoms with Crippen molar-refractivity contribution >= 4 is 28.9 Å². The van der Waals surface area contributed by atoms with Gasteiger partial charge in [-0.1, -0.05) is 6.92 Å². The van der Waals surface area contributed by atoms with Crippen molar-refractivity contribution in [2.45, 2.75) is 64.9 Å². The van der Waals surface area contributed by atoms with Crippen LogP contribution in [0.1, 0.15) is 58.8 Å². The predicted molar refractivity (Wildman–Crippen MR) is 112 cm³/mol. The Labute approximate surface area is 167 Å². The van der Waals surface area contributed by atoms with Crippen molar-refractivity contribution in [1.29, 1.82) is 0 Å². The lowest BCUT2D eigenvalue weighted by Gasteiger charge is -2.55. The van der Waals surface area contributed by atoms with Gasteiger partial charge in [0, 0.05) is 5.69 Å². The van der Waals surface area contributed by atoms with E-state index >= 15 is 0 Å². The topological polar surface area (TPSA) is 50.4 Å². The van der Waals surface area contributed by atoms with E-state index in [0.29, 0.717) is 5.11 Å². The average molecular weight is 387 g/mol. The number of anilines is 1. The molecule has 0 saturated heterocycles. The van der Waals surface area contributed by atoms with Gasteiger partial charge in [0.05, 0.1) is 11.5 Å². The summed E-state index contributed by atoms with van der Waals surface area (Å²) in [6.45, 7) is 4.16. The van der Waals surface area contributed by atoms with E-state index in [2.05, 4.69) is 24.5 Å². The maximum Gasteiger partial charge on any atom is 0.232 e. The van der Waals surface area contributed by atoms with Gasteiger partial charge in [-0.15, -0.1) is 0 Å². The van der Waals surface area contributed by atoms with E-state index in [-0.39, 0.29) is 17.4 Å². The van der Waals surface area contributed by atoms with Crippen LogP contribution in [-0.2, 0) is 4.79 Å². The highest BCUT2D eigenvalue weighted by Gasteiger charge is 2.54. The Morgan fingerprint density at radius 2 is 1.70 bits per heavy atom. The molecule has 4 saturated carbocycles. The molecule has 4 nitrogen and oxygen atoms in total. The standard InChI is InChI=1S/C22H30N2O2S/c1-3-14(2)26-19-6-4-18(5-7-19)23-21(27)24-20(25)22-11-15-8-16(12-22)10-17(9-15)13-22/h4-7,14-17H,3,8-13H2,1-2H3,(H2,23,24,25,27). The number of carbonyl (C=O) groups excluding carboxylic acids is 1. The fourth-order valence-corrected chi connectivity index (χ4v) is 5.93. The van der Waals surface area contributed by atoms with Crippen LogP contribution in [0.5, 0.6) is 5.75 Å². The van der Waals surface area contributed by atoms with E-state index in [9.17, 15) is 4.79 Å². The number of amides is 1. The van der Waals surface area contributed by atoms with Gasteiger partial charge < -0.3 is 15.4 Å². The molecular weight excluding hydrogens is 356 g/mol. The molecule has 5 heteroatoms. The summed E-state index contributed by atoms with van der Waals surface area (Å²) in [7, 11) is 0. The van der Waals surface area contributed by atoms with Gasteiger partial charge in [-0.25, -0.2) is 0 Å². The number of ether oxygens (including phenoxy) is 1. The van der Waals surface area contributed by atoms with Crippen molar-refractivity contribution in [2.75, 3.05) is 5.32 Å². The van der Waals surface area contributed by atoms with Crippen molar-refractivity contribution in [2.24, 2.45) is 23.2 Å². The summed E-state index contributed by atoms with van der Waals surface area (Å²) >= 11 is 5.41. The molecule has 0 radical (unpaired) electrons. The van der Waals surface area contributed by atoms with Crippen LogP contribution in [0.25, 0.3) is 0 Å². The van der Waals surface area contributed by atoms with Crippen LogP contribution in [0.15, 0.2) is 24.3 Å². The fourth-order valence-electron chi connectivity index (χ4n) is 5.72. The summed E-state index contributed by atoms with van der Waals surface area (Å²) < 4.78 is 5.80. The first-order valence-corrected chi connectivity index (χ1v) is 10.8. The molecule has 1 aromatic rings. The smallest absolute Gasteiger partial charge is 0.232 e. The van der Waals surface area contributed by atoms with Gasteiger partial charge in [-0.2, -0.15) is 0 Å². The Balaban J connectivity index is 1.33. The summed E-state index contributed by atoms with van der Waals surface area (Å²) in [6.07, 6.45) is 8.32. The van der Waals surface area contributed by atoms with Gasteiger partial charge >= 0.3 is 0 Å². The van der Waals surface area contributed by atoms with Crippen LogP contribution in [0.4, 0.5) is 5.69 Å². The molecule has 146 valence electrons. The molecule has 0 heterocycles. The molecule has 1 amide bonds. The lowest BCUT2D eigenvalue weighted by molar-refractivity contribution is -0.144. The van der Waals surface area contributed by atoms with E-state index < -0.39 is 0 Å². The van der Waals surface area contributed by atoms with Crippen LogP contribution < -0.4 is 15.4 Å². The highest BCUT2D eigenvalue weighted by molar-refractivity contribution is 7.80. The summed E-state index contributed by atoms with van der Waals surface area (Å²) in [4.78, 5) is 13.0. The molecule has 1 aromatic carbocycles. The molecular formula is C22H30N2O2S. The van der Waals surface area contributed by atoms with Crippen molar-refractivity contribution in [3.05, 3.63) is 24.3 Å². The van der Waals surface area contributed by atoms with Crippen LogP contribution >= 0.6 is 12.2 Å². The fraction of sp³-hybridized carbons (Fsp3) is 0.636. The minimum absolute atomic E-state index is 0.135. The zero-order chi connectivity index (χ0) is 19.0. The monoisotopic (exact) mass is 386 g/mol. The van der Waals surface area contributed by atoms with Gasteiger partial charge in [0.15, 0.2) is 5.11 Å². The third kappa shape index (κ3) is 3.98. The highest BCUT2D eigenvalue weighted by atomic mass is 32.1. The first kappa shape index (κ1) is 18.7. The van der Waals surface area contributed by atoms with Gasteiger partial charge in [0.1, 0.15) is 5.75 Å². The molecule has 4 fully saturated rings. The molecule has 4 aliphatic carbocycles. The minimum atomic E-state index is -0.172. The van der Waals surface area contributed by atoms with Crippen LogP contribution in [-0.4, -0.2) is 17.1 Å². The maximum atomic E-state index is 13.0. The Morgan fingerprint density at radius 3 is 2.22 bits per heavy atom. The first-order valence-electron chi connectivity index (χ1n) is 10.3. The minimum Gasteiger partial charge on any atom is -0.491 e. The lowest BCUT2D eigenvalue weighted by Crippen LogP contribution is -2.55. The highest BCUT2D eigenvalue weighted by Crippen LogP contribution is 2.60.